The highest BCUT2D eigenvalue weighted by molar-refractivity contribution is 5.63. The second kappa shape index (κ2) is 6.62. The first kappa shape index (κ1) is 16.2. The van der Waals surface area contributed by atoms with Crippen molar-refractivity contribution in [3.63, 3.8) is 0 Å². The summed E-state index contributed by atoms with van der Waals surface area (Å²) in [7, 11) is 0. The molecule has 0 bridgehead atoms. The van der Waals surface area contributed by atoms with Crippen molar-refractivity contribution in [1.82, 2.24) is 24.9 Å². The molecule has 0 N–H and O–H groups in total. The Kier molecular flexibility index (Phi) is 3.82. The average molecular weight is 375 g/mol. The van der Waals surface area contributed by atoms with Crippen LogP contribution < -0.4 is 15.0 Å². The van der Waals surface area contributed by atoms with E-state index in [0.29, 0.717) is 28.7 Å². The van der Waals surface area contributed by atoms with E-state index in [1.807, 2.05) is 24.3 Å². The first-order chi connectivity index (χ1) is 13.8. The van der Waals surface area contributed by atoms with Crippen molar-refractivity contribution in [2.45, 2.75) is 6.54 Å². The zero-order valence-electron chi connectivity index (χ0n) is 14.5. The smallest absolute Gasteiger partial charge is 0.267 e. The molecule has 4 heterocycles. The maximum absolute atomic E-state index is 12.2. The van der Waals surface area contributed by atoms with Gasteiger partial charge in [-0.2, -0.15) is 10.1 Å². The van der Waals surface area contributed by atoms with E-state index < -0.39 is 0 Å². The summed E-state index contributed by atoms with van der Waals surface area (Å²) in [6, 6.07) is 14.0. The zero-order chi connectivity index (χ0) is 18.9. The van der Waals surface area contributed by atoms with Crippen molar-refractivity contribution >= 4 is 0 Å². The van der Waals surface area contributed by atoms with Gasteiger partial charge in [-0.1, -0.05) is 11.2 Å². The van der Waals surface area contributed by atoms with Crippen LogP contribution in [0.15, 0.2) is 64.0 Å². The molecule has 28 heavy (non-hydrogen) atoms. The third-order valence-electron chi connectivity index (χ3n) is 4.18. The number of nitrogens with zero attached hydrogens (tertiary/aromatic N) is 5. The van der Waals surface area contributed by atoms with Crippen molar-refractivity contribution in [2.24, 2.45) is 0 Å². The molecule has 5 rings (SSSR count). The van der Waals surface area contributed by atoms with Gasteiger partial charge in [0.15, 0.2) is 11.5 Å². The Bertz CT molecular complexity index is 1200. The van der Waals surface area contributed by atoms with Gasteiger partial charge in [0.2, 0.25) is 18.5 Å². The first-order valence-electron chi connectivity index (χ1n) is 8.48. The Hall–Kier alpha value is -4.01. The summed E-state index contributed by atoms with van der Waals surface area (Å²) >= 11 is 0. The highest BCUT2D eigenvalue weighted by Crippen LogP contribution is 2.35. The van der Waals surface area contributed by atoms with Crippen LogP contribution in [0.25, 0.3) is 22.8 Å². The summed E-state index contributed by atoms with van der Waals surface area (Å²) in [4.78, 5) is 20.7. The van der Waals surface area contributed by atoms with Crippen LogP contribution in [0.1, 0.15) is 5.89 Å². The molecule has 0 aliphatic carbocycles. The number of pyridine rings is 1. The van der Waals surface area contributed by atoms with Crippen LogP contribution in [0, 0.1) is 0 Å². The zero-order valence-corrected chi connectivity index (χ0v) is 14.5. The van der Waals surface area contributed by atoms with Crippen LogP contribution in [-0.2, 0) is 6.54 Å². The molecular weight excluding hydrogens is 362 g/mol. The van der Waals surface area contributed by atoms with E-state index in [4.69, 9.17) is 14.0 Å². The average Bonchev–Trinajstić information content (AvgIpc) is 3.39. The molecule has 9 nitrogen and oxygen atoms in total. The number of ether oxygens (including phenoxy) is 2. The number of benzene rings is 1. The van der Waals surface area contributed by atoms with Crippen molar-refractivity contribution in [3.8, 4) is 34.3 Å². The molecule has 0 radical (unpaired) electrons. The minimum Gasteiger partial charge on any atom is -0.454 e. The molecule has 9 heteroatoms. The summed E-state index contributed by atoms with van der Waals surface area (Å²) in [6.07, 6.45) is 1.65. The topological polar surface area (TPSA) is 105 Å². The van der Waals surface area contributed by atoms with E-state index in [0.717, 1.165) is 5.56 Å². The van der Waals surface area contributed by atoms with Gasteiger partial charge >= 0.3 is 0 Å². The molecule has 0 saturated carbocycles. The highest BCUT2D eigenvalue weighted by atomic mass is 16.7. The predicted molar refractivity (Wildman–Crippen MR) is 96.7 cm³/mol. The van der Waals surface area contributed by atoms with Gasteiger partial charge in [0.05, 0.1) is 5.69 Å². The van der Waals surface area contributed by atoms with Crippen LogP contribution in [0.4, 0.5) is 0 Å². The van der Waals surface area contributed by atoms with Crippen molar-refractivity contribution in [3.05, 3.63) is 71.0 Å². The Morgan fingerprint density at radius 2 is 1.93 bits per heavy atom. The fourth-order valence-corrected chi connectivity index (χ4v) is 2.82. The monoisotopic (exact) mass is 375 g/mol. The lowest BCUT2D eigenvalue weighted by atomic mass is 10.1. The molecular formula is C19H13N5O4. The Balaban J connectivity index is 1.44. The maximum Gasteiger partial charge on any atom is 0.267 e. The lowest BCUT2D eigenvalue weighted by Crippen LogP contribution is -2.23. The van der Waals surface area contributed by atoms with E-state index in [1.54, 1.807) is 24.4 Å². The number of aromatic nitrogens is 5. The summed E-state index contributed by atoms with van der Waals surface area (Å²) in [5.74, 6) is 1.95. The van der Waals surface area contributed by atoms with Gasteiger partial charge in [-0.15, -0.1) is 0 Å². The molecule has 0 amide bonds. The predicted octanol–water partition coefficient (Wildman–Crippen LogP) is 2.13. The summed E-state index contributed by atoms with van der Waals surface area (Å²) < 4.78 is 17.2. The lowest BCUT2D eigenvalue weighted by Gasteiger charge is -2.06. The molecule has 1 aromatic carbocycles. The largest absolute Gasteiger partial charge is 0.454 e. The fourth-order valence-electron chi connectivity index (χ4n) is 2.82. The molecule has 0 fully saturated rings. The van der Waals surface area contributed by atoms with Crippen LogP contribution in [0.3, 0.4) is 0 Å². The number of fused-ring (bicyclic) bond motifs is 1. The van der Waals surface area contributed by atoms with E-state index >= 15 is 0 Å². The van der Waals surface area contributed by atoms with Gasteiger partial charge in [0, 0.05) is 17.8 Å². The first-order valence-corrected chi connectivity index (χ1v) is 8.48. The van der Waals surface area contributed by atoms with E-state index in [1.165, 1.54) is 10.7 Å². The SMILES string of the molecule is O=c1ccc(-c2ccc3c(c2)OCO3)nn1Cc1nc(-c2ccccn2)no1. The van der Waals surface area contributed by atoms with Crippen LogP contribution in [0.5, 0.6) is 11.5 Å². The lowest BCUT2D eigenvalue weighted by molar-refractivity contribution is 0.174. The normalized spacial score (nSPS) is 12.3. The summed E-state index contributed by atoms with van der Waals surface area (Å²) in [5.41, 5.74) is 1.73. The molecule has 1 aliphatic heterocycles. The number of hydrogen-bond acceptors (Lipinski definition) is 8. The van der Waals surface area contributed by atoms with E-state index in [9.17, 15) is 4.79 Å². The van der Waals surface area contributed by atoms with Gasteiger partial charge in [-0.25, -0.2) is 4.68 Å². The minimum atomic E-state index is -0.276. The molecule has 1 aliphatic rings. The Morgan fingerprint density at radius 1 is 1.00 bits per heavy atom. The molecule has 0 spiro atoms. The molecule has 138 valence electrons. The highest BCUT2D eigenvalue weighted by Gasteiger charge is 2.16. The van der Waals surface area contributed by atoms with Crippen LogP contribution >= 0.6 is 0 Å². The van der Waals surface area contributed by atoms with E-state index in [2.05, 4.69) is 20.2 Å². The third kappa shape index (κ3) is 2.98. The Labute approximate surface area is 158 Å². The third-order valence-corrected chi connectivity index (χ3v) is 4.18. The summed E-state index contributed by atoms with van der Waals surface area (Å²) in [6.45, 7) is 0.249. The number of hydrogen-bond donors (Lipinski definition) is 0. The van der Waals surface area contributed by atoms with Crippen LogP contribution in [0.2, 0.25) is 0 Å². The quantitative estimate of drug-likeness (QED) is 0.534. The summed E-state index contributed by atoms with van der Waals surface area (Å²) in [5, 5.41) is 8.32. The molecule has 0 saturated heterocycles. The van der Waals surface area contributed by atoms with Gasteiger partial charge < -0.3 is 14.0 Å². The second-order valence-corrected chi connectivity index (χ2v) is 6.01. The number of rotatable bonds is 4. The standard InChI is InChI=1S/C19H13N5O4/c25-18-7-5-13(12-4-6-15-16(9-12)27-11-26-15)22-24(18)10-17-21-19(23-28-17)14-3-1-2-8-20-14/h1-9H,10-11H2. The van der Waals surface area contributed by atoms with Crippen LogP contribution in [-0.4, -0.2) is 31.7 Å². The molecule has 3 aromatic heterocycles. The van der Waals surface area contributed by atoms with Gasteiger partial charge in [0.1, 0.15) is 12.2 Å². The fraction of sp³-hybridized carbons (Fsp3) is 0.105. The Morgan fingerprint density at radius 3 is 2.82 bits per heavy atom. The van der Waals surface area contributed by atoms with Gasteiger partial charge in [-0.05, 0) is 36.4 Å². The van der Waals surface area contributed by atoms with Crippen molar-refractivity contribution in [2.75, 3.05) is 6.79 Å². The van der Waals surface area contributed by atoms with Gasteiger partial charge in [-0.3, -0.25) is 9.78 Å². The van der Waals surface area contributed by atoms with Crippen molar-refractivity contribution in [1.29, 1.82) is 0 Å². The molecule has 0 unspecified atom stereocenters. The van der Waals surface area contributed by atoms with E-state index in [-0.39, 0.29) is 24.8 Å². The van der Waals surface area contributed by atoms with Crippen molar-refractivity contribution < 1.29 is 14.0 Å². The maximum atomic E-state index is 12.2. The molecule has 4 aromatic rings. The minimum absolute atomic E-state index is 0.0526. The second-order valence-electron chi connectivity index (χ2n) is 6.01. The van der Waals surface area contributed by atoms with Gasteiger partial charge in [0.25, 0.3) is 5.56 Å². The molecule has 0 atom stereocenters.